The molecule has 1 aromatic rings. The first-order chi connectivity index (χ1) is 21.1. The van der Waals surface area contributed by atoms with E-state index in [-0.39, 0.29) is 17.0 Å². The largest absolute Gasteiger partial charge is 0.479 e. The third kappa shape index (κ3) is 11.7. The van der Waals surface area contributed by atoms with E-state index in [2.05, 4.69) is 12.2 Å². The normalized spacial score (nSPS) is 15.8. The van der Waals surface area contributed by atoms with Crippen LogP contribution in [0.2, 0.25) is 0 Å². The van der Waals surface area contributed by atoms with Gasteiger partial charge in [-0.3, -0.25) is 19.3 Å². The average molecular weight is 611 g/mol. The smallest absolute Gasteiger partial charge is 0.334 e. The van der Waals surface area contributed by atoms with Crippen LogP contribution >= 0.6 is 0 Å². The van der Waals surface area contributed by atoms with Crippen molar-refractivity contribution >= 4 is 35.3 Å². The van der Waals surface area contributed by atoms with E-state index in [9.17, 15) is 34.2 Å². The Hall–Kier alpha value is -3.75. The lowest BCUT2D eigenvalue weighted by molar-refractivity contribution is -0.152. The Morgan fingerprint density at radius 2 is 1.27 bits per heavy atom. The molecule has 0 bridgehead atoms. The lowest BCUT2D eigenvalue weighted by atomic mass is 9.84. The molecule has 1 aromatic carbocycles. The molecule has 0 heterocycles. The molecule has 2 rings (SSSR count). The number of rotatable bonds is 21. The molecular formula is C35H50N2O7. The van der Waals surface area contributed by atoms with Gasteiger partial charge in [-0.1, -0.05) is 109 Å². The molecule has 0 spiro atoms. The molecule has 3 amide bonds. The van der Waals surface area contributed by atoms with E-state index in [1.54, 1.807) is 0 Å². The average Bonchev–Trinajstić information content (AvgIpc) is 2.99. The zero-order chi connectivity index (χ0) is 32.4. The number of carbonyl (C=O) groups excluding carboxylic acids is 3. The number of imide groups is 1. The first kappa shape index (κ1) is 36.4. The van der Waals surface area contributed by atoms with Gasteiger partial charge in [0, 0.05) is 36.6 Å². The summed E-state index contributed by atoms with van der Waals surface area (Å²) in [5.74, 6) is -4.71. The number of aliphatic carboxylic acids is 2. The molecule has 1 aliphatic carbocycles. The number of carbonyl (C=O) groups is 5. The molecular weight excluding hydrogens is 560 g/mol. The van der Waals surface area contributed by atoms with Gasteiger partial charge in [0.25, 0.3) is 5.91 Å². The number of nitrogens with one attached hydrogen (secondary N) is 1. The Morgan fingerprint density at radius 3 is 1.73 bits per heavy atom. The summed E-state index contributed by atoms with van der Waals surface area (Å²) in [5.41, 5.74) is -1.91. The number of benzene rings is 1. The Morgan fingerprint density at radius 1 is 0.773 bits per heavy atom. The van der Waals surface area contributed by atoms with Crippen molar-refractivity contribution in [2.75, 3.05) is 5.32 Å². The van der Waals surface area contributed by atoms with Gasteiger partial charge in [-0.2, -0.15) is 0 Å². The summed E-state index contributed by atoms with van der Waals surface area (Å²) >= 11 is 0. The second-order valence-corrected chi connectivity index (χ2v) is 11.7. The standard InChI is InChI=1S/C35H50N2O7/c1-3-4-5-6-7-8-9-10-11-12-13-14-15-16-17-20-31(39)36-30-23-21-28(22-24-30)32(40)37(27(2)38)35(34(43)44)25-18-19-29(26-35)33(41)42/h18-19,21-25H,3-17,20,26H2,1-2H3,(H,36,39)(H,41,42)(H,43,44). The first-order valence-corrected chi connectivity index (χ1v) is 16.2. The summed E-state index contributed by atoms with van der Waals surface area (Å²) in [5, 5.41) is 22.2. The maximum Gasteiger partial charge on any atom is 0.334 e. The van der Waals surface area contributed by atoms with E-state index < -0.39 is 35.7 Å². The summed E-state index contributed by atoms with van der Waals surface area (Å²) in [6.45, 7) is 3.31. The quantitative estimate of drug-likeness (QED) is 0.121. The van der Waals surface area contributed by atoms with Crippen LogP contribution in [0.1, 0.15) is 133 Å². The van der Waals surface area contributed by atoms with Crippen LogP contribution in [-0.4, -0.2) is 50.3 Å². The maximum atomic E-state index is 13.3. The lowest BCUT2D eigenvalue weighted by Crippen LogP contribution is -2.58. The van der Waals surface area contributed by atoms with Gasteiger partial charge in [-0.25, -0.2) is 9.59 Å². The molecule has 0 saturated heterocycles. The molecule has 1 aliphatic rings. The maximum absolute atomic E-state index is 13.3. The summed E-state index contributed by atoms with van der Waals surface area (Å²) in [4.78, 5) is 62.6. The topological polar surface area (TPSA) is 141 Å². The van der Waals surface area contributed by atoms with Gasteiger partial charge in [0.2, 0.25) is 11.8 Å². The summed E-state index contributed by atoms with van der Waals surface area (Å²) in [7, 11) is 0. The van der Waals surface area contributed by atoms with Crippen molar-refractivity contribution in [3.05, 3.63) is 53.6 Å². The highest BCUT2D eigenvalue weighted by Crippen LogP contribution is 2.32. The van der Waals surface area contributed by atoms with Gasteiger partial charge in [-0.15, -0.1) is 0 Å². The minimum absolute atomic E-state index is 0.0288. The van der Waals surface area contributed by atoms with E-state index in [1.807, 2.05) is 0 Å². The van der Waals surface area contributed by atoms with Gasteiger partial charge >= 0.3 is 11.9 Å². The van der Waals surface area contributed by atoms with E-state index in [0.717, 1.165) is 32.3 Å². The van der Waals surface area contributed by atoms with E-state index in [1.165, 1.54) is 113 Å². The van der Waals surface area contributed by atoms with Crippen LogP contribution < -0.4 is 5.32 Å². The van der Waals surface area contributed by atoms with E-state index in [4.69, 9.17) is 0 Å². The first-order valence-electron chi connectivity index (χ1n) is 16.2. The van der Waals surface area contributed by atoms with Crippen LogP contribution in [0.3, 0.4) is 0 Å². The van der Waals surface area contributed by atoms with Gasteiger partial charge in [-0.05, 0) is 36.8 Å². The van der Waals surface area contributed by atoms with Gasteiger partial charge < -0.3 is 15.5 Å². The number of nitrogens with zero attached hydrogens (tertiary/aromatic N) is 1. The monoisotopic (exact) mass is 610 g/mol. The number of hydrogen-bond acceptors (Lipinski definition) is 5. The molecule has 9 nitrogen and oxygen atoms in total. The fraction of sp³-hybridized carbons (Fsp3) is 0.571. The van der Waals surface area contributed by atoms with Crippen LogP contribution in [0.4, 0.5) is 5.69 Å². The van der Waals surface area contributed by atoms with Crippen molar-refractivity contribution in [1.82, 2.24) is 4.90 Å². The molecule has 0 fully saturated rings. The zero-order valence-electron chi connectivity index (χ0n) is 26.4. The molecule has 1 atom stereocenters. The number of amides is 3. The van der Waals surface area contributed by atoms with Crippen LogP contribution in [0.25, 0.3) is 0 Å². The molecule has 242 valence electrons. The minimum Gasteiger partial charge on any atom is -0.479 e. The Labute approximate surface area is 261 Å². The zero-order valence-corrected chi connectivity index (χ0v) is 26.4. The third-order valence-electron chi connectivity index (χ3n) is 8.11. The molecule has 0 radical (unpaired) electrons. The fourth-order valence-electron chi connectivity index (χ4n) is 5.59. The van der Waals surface area contributed by atoms with Crippen LogP contribution in [-0.2, 0) is 19.2 Å². The second kappa shape index (κ2) is 19.5. The summed E-state index contributed by atoms with van der Waals surface area (Å²) < 4.78 is 0. The lowest BCUT2D eigenvalue weighted by Gasteiger charge is -2.37. The number of carboxylic acids is 2. The van der Waals surface area contributed by atoms with Crippen molar-refractivity contribution in [3.8, 4) is 0 Å². The molecule has 9 heteroatoms. The minimum atomic E-state index is -2.18. The highest BCUT2D eigenvalue weighted by atomic mass is 16.4. The number of hydrogen-bond donors (Lipinski definition) is 3. The number of anilines is 1. The van der Waals surface area contributed by atoms with Crippen LogP contribution in [0, 0.1) is 0 Å². The predicted molar refractivity (Wildman–Crippen MR) is 171 cm³/mol. The molecule has 0 aliphatic heterocycles. The number of carboxylic acid groups (broad SMARTS) is 2. The van der Waals surface area contributed by atoms with Crippen molar-refractivity contribution < 1.29 is 34.2 Å². The molecule has 44 heavy (non-hydrogen) atoms. The van der Waals surface area contributed by atoms with E-state index >= 15 is 0 Å². The Balaban J connectivity index is 1.73. The number of unbranched alkanes of at least 4 members (excludes halogenated alkanes) is 14. The van der Waals surface area contributed by atoms with Gasteiger partial charge in [0.1, 0.15) is 0 Å². The molecule has 0 aromatic heterocycles. The summed E-state index contributed by atoms with van der Waals surface area (Å²) in [6, 6.07) is 5.83. The highest BCUT2D eigenvalue weighted by molar-refractivity contribution is 6.09. The van der Waals surface area contributed by atoms with E-state index in [0.29, 0.717) is 17.0 Å². The highest BCUT2D eigenvalue weighted by Gasteiger charge is 2.49. The van der Waals surface area contributed by atoms with Crippen molar-refractivity contribution in [2.45, 2.75) is 129 Å². The fourth-order valence-corrected chi connectivity index (χ4v) is 5.59. The Bertz CT molecular complexity index is 1170. The van der Waals surface area contributed by atoms with Crippen LogP contribution in [0.15, 0.2) is 48.1 Å². The molecule has 0 saturated carbocycles. The van der Waals surface area contributed by atoms with Crippen LogP contribution in [0.5, 0.6) is 0 Å². The third-order valence-corrected chi connectivity index (χ3v) is 8.11. The van der Waals surface area contributed by atoms with Crippen molar-refractivity contribution in [2.24, 2.45) is 0 Å². The SMILES string of the molecule is CCCCCCCCCCCCCCCCCC(=O)Nc1ccc(C(=O)N(C(C)=O)C2(C(=O)O)C=CC=C(C(=O)O)C2)cc1. The Kier molecular flexibility index (Phi) is 16.2. The molecule has 3 N–H and O–H groups in total. The summed E-state index contributed by atoms with van der Waals surface area (Å²) in [6.07, 6.45) is 22.3. The van der Waals surface area contributed by atoms with Gasteiger partial charge in [0.05, 0.1) is 0 Å². The number of allylic oxidation sites excluding steroid dienone is 2. The van der Waals surface area contributed by atoms with Crippen molar-refractivity contribution in [3.63, 3.8) is 0 Å². The van der Waals surface area contributed by atoms with Gasteiger partial charge in [0.15, 0.2) is 5.54 Å². The predicted octanol–water partition coefficient (Wildman–Crippen LogP) is 7.67. The van der Waals surface area contributed by atoms with Crippen molar-refractivity contribution in [1.29, 1.82) is 0 Å². The second-order valence-electron chi connectivity index (χ2n) is 11.7. The molecule has 1 unspecified atom stereocenters.